The molecular formula is C5F11NaO2S. The van der Waals surface area contributed by atoms with Gasteiger partial charge < -0.3 is 4.55 Å². The zero-order valence-corrected chi connectivity index (χ0v) is 11.7. The fourth-order valence-corrected chi connectivity index (χ4v) is 1.00. The molecule has 0 aromatic heterocycles. The molecule has 116 valence electrons. The van der Waals surface area contributed by atoms with Gasteiger partial charge >= 0.3 is 58.8 Å². The molecule has 0 aliphatic carbocycles. The molecule has 0 rings (SSSR count). The predicted octanol–water partition coefficient (Wildman–Crippen LogP) is -0.0695. The second-order valence-electron chi connectivity index (χ2n) is 2.97. The minimum absolute atomic E-state index is 0. The van der Waals surface area contributed by atoms with Crippen molar-refractivity contribution in [3.63, 3.8) is 0 Å². The third kappa shape index (κ3) is 3.08. The molecule has 15 heteroatoms. The first-order valence-corrected chi connectivity index (χ1v) is 4.69. The van der Waals surface area contributed by atoms with Gasteiger partial charge in [-0.1, -0.05) is 0 Å². The van der Waals surface area contributed by atoms with E-state index in [1.165, 1.54) is 0 Å². The Bertz CT molecular complexity index is 377. The second-order valence-corrected chi connectivity index (χ2v) is 3.95. The average molecular weight is 356 g/mol. The van der Waals surface area contributed by atoms with Gasteiger partial charge in [0.2, 0.25) is 0 Å². The summed E-state index contributed by atoms with van der Waals surface area (Å²) >= 11 is -5.37. The van der Waals surface area contributed by atoms with Crippen LogP contribution in [0.1, 0.15) is 0 Å². The van der Waals surface area contributed by atoms with Crippen molar-refractivity contribution in [2.45, 2.75) is 29.2 Å². The molecule has 2 nitrogen and oxygen atoms in total. The van der Waals surface area contributed by atoms with Gasteiger partial charge in [-0.25, -0.2) is 0 Å². The van der Waals surface area contributed by atoms with E-state index in [2.05, 4.69) is 0 Å². The van der Waals surface area contributed by atoms with Gasteiger partial charge in [-0.05, 0) is 0 Å². The first kappa shape index (κ1) is 22.6. The Morgan fingerprint density at radius 2 is 0.950 bits per heavy atom. The Kier molecular flexibility index (Phi) is 6.62. The molecule has 20 heavy (non-hydrogen) atoms. The van der Waals surface area contributed by atoms with Gasteiger partial charge in [0, 0.05) is 11.1 Å². The maximum Gasteiger partial charge on any atom is 1.00 e. The smallest absolute Gasteiger partial charge is 0.768 e. The Morgan fingerprint density at radius 3 is 1.15 bits per heavy atom. The van der Waals surface area contributed by atoms with Crippen LogP contribution in [0, 0.1) is 0 Å². The van der Waals surface area contributed by atoms with E-state index in [1.807, 2.05) is 0 Å². The summed E-state index contributed by atoms with van der Waals surface area (Å²) in [5.41, 5.74) is 0. The molecule has 0 radical (unpaired) electrons. The first-order valence-electron chi connectivity index (χ1n) is 3.62. The number of hydrogen-bond donors (Lipinski definition) is 0. The Morgan fingerprint density at radius 1 is 0.650 bits per heavy atom. The van der Waals surface area contributed by atoms with Crippen molar-refractivity contribution in [1.29, 1.82) is 0 Å². The van der Waals surface area contributed by atoms with E-state index >= 15 is 0 Å². The van der Waals surface area contributed by atoms with Crippen LogP contribution < -0.4 is 29.6 Å². The summed E-state index contributed by atoms with van der Waals surface area (Å²) in [5, 5.41) is -6.84. The summed E-state index contributed by atoms with van der Waals surface area (Å²) in [5.74, 6) is -22.8. The molecule has 0 amide bonds. The topological polar surface area (TPSA) is 40.1 Å². The van der Waals surface area contributed by atoms with Crippen LogP contribution in [0.25, 0.3) is 0 Å². The Balaban J connectivity index is 0. The van der Waals surface area contributed by atoms with E-state index in [4.69, 9.17) is 0 Å². The van der Waals surface area contributed by atoms with E-state index in [1.54, 1.807) is 0 Å². The zero-order chi connectivity index (χ0) is 16.1. The van der Waals surface area contributed by atoms with Gasteiger partial charge in [0.25, 0.3) is 0 Å². The summed E-state index contributed by atoms with van der Waals surface area (Å²) < 4.78 is 152. The molecule has 0 saturated carbocycles. The van der Waals surface area contributed by atoms with Crippen LogP contribution in [-0.4, -0.2) is 38.0 Å². The van der Waals surface area contributed by atoms with E-state index in [0.717, 1.165) is 0 Å². The fraction of sp³-hybridized carbons (Fsp3) is 1.00. The van der Waals surface area contributed by atoms with Crippen LogP contribution in [0.4, 0.5) is 48.3 Å². The van der Waals surface area contributed by atoms with Crippen molar-refractivity contribution in [3.05, 3.63) is 0 Å². The third-order valence-electron chi connectivity index (χ3n) is 1.72. The SMILES string of the molecule is O=S([O-])C(F)(F)C(F)(F)C(F)(F)C(F)(F)C(F)(F)F.[Na+]. The maximum absolute atomic E-state index is 12.4. The van der Waals surface area contributed by atoms with Crippen LogP contribution in [0.5, 0.6) is 0 Å². The van der Waals surface area contributed by atoms with Gasteiger partial charge in [-0.15, -0.1) is 0 Å². The summed E-state index contributed by atoms with van der Waals surface area (Å²) in [7, 11) is 0. The molecular weight excluding hydrogens is 356 g/mol. The molecule has 0 spiro atoms. The average Bonchev–Trinajstić information content (AvgIpc) is 2.14. The summed E-state index contributed by atoms with van der Waals surface area (Å²) in [4.78, 5) is 0. The molecule has 0 heterocycles. The molecule has 1 atom stereocenters. The van der Waals surface area contributed by atoms with Crippen molar-refractivity contribution >= 4 is 11.1 Å². The van der Waals surface area contributed by atoms with Crippen molar-refractivity contribution in [1.82, 2.24) is 0 Å². The van der Waals surface area contributed by atoms with Gasteiger partial charge in [-0.3, -0.25) is 4.21 Å². The summed E-state index contributed by atoms with van der Waals surface area (Å²) in [6, 6.07) is 0. The van der Waals surface area contributed by atoms with Crippen molar-refractivity contribution in [2.24, 2.45) is 0 Å². The van der Waals surface area contributed by atoms with E-state index in [0.29, 0.717) is 0 Å². The number of alkyl halides is 11. The van der Waals surface area contributed by atoms with Crippen LogP contribution in [0.15, 0.2) is 0 Å². The number of rotatable bonds is 4. The van der Waals surface area contributed by atoms with Crippen molar-refractivity contribution in [2.75, 3.05) is 0 Å². The minimum atomic E-state index is -7.69. The van der Waals surface area contributed by atoms with Gasteiger partial charge in [0.15, 0.2) is 0 Å². The molecule has 0 fully saturated rings. The third-order valence-corrected chi connectivity index (χ3v) is 2.39. The zero-order valence-electron chi connectivity index (χ0n) is 8.88. The molecule has 0 N–H and O–H groups in total. The normalized spacial score (nSPS) is 16.6. The second kappa shape index (κ2) is 5.85. The standard InChI is InChI=1S/C5HF11O2S.Na/c6-1(7,2(8,9)4(12,13)14)3(10,11)5(15,16)19(17)18;/h(H,17,18);/q;+1/p-1. The van der Waals surface area contributed by atoms with E-state index in [-0.39, 0.29) is 29.6 Å². The fourth-order valence-electron chi connectivity index (χ4n) is 0.663. The molecule has 0 aromatic rings. The van der Waals surface area contributed by atoms with E-state index < -0.39 is 40.3 Å². The Labute approximate surface area is 127 Å². The quantitative estimate of drug-likeness (QED) is 0.402. The molecule has 0 bridgehead atoms. The van der Waals surface area contributed by atoms with Gasteiger partial charge in [0.1, 0.15) is 0 Å². The van der Waals surface area contributed by atoms with Crippen LogP contribution in [0.2, 0.25) is 0 Å². The molecule has 1 unspecified atom stereocenters. The monoisotopic (exact) mass is 356 g/mol. The van der Waals surface area contributed by atoms with Gasteiger partial charge in [0.05, 0.1) is 0 Å². The molecule has 0 aromatic carbocycles. The maximum atomic E-state index is 12.4. The largest absolute Gasteiger partial charge is 1.00 e. The minimum Gasteiger partial charge on any atom is -0.768 e. The summed E-state index contributed by atoms with van der Waals surface area (Å²) in [6.07, 6.45) is -7.31. The first-order chi connectivity index (χ1) is 7.94. The predicted molar refractivity (Wildman–Crippen MR) is 34.8 cm³/mol. The number of halogens is 11. The van der Waals surface area contributed by atoms with Crippen molar-refractivity contribution in [3.8, 4) is 0 Å². The van der Waals surface area contributed by atoms with Crippen molar-refractivity contribution < 1.29 is 86.6 Å². The molecule has 0 saturated heterocycles. The van der Waals surface area contributed by atoms with Crippen LogP contribution in [-0.2, 0) is 11.1 Å². The van der Waals surface area contributed by atoms with Crippen LogP contribution in [0.3, 0.4) is 0 Å². The van der Waals surface area contributed by atoms with E-state index in [9.17, 15) is 57.1 Å². The Hall–Kier alpha value is 0.340. The molecule has 0 aliphatic rings. The van der Waals surface area contributed by atoms with Crippen LogP contribution >= 0.6 is 0 Å². The molecule has 0 aliphatic heterocycles. The summed E-state index contributed by atoms with van der Waals surface area (Å²) in [6.45, 7) is 0. The number of hydrogen-bond acceptors (Lipinski definition) is 2. The van der Waals surface area contributed by atoms with Gasteiger partial charge in [-0.2, -0.15) is 48.3 Å².